The number of carbonyl (C=O) groups excluding carboxylic acids is 1. The Kier molecular flexibility index (Phi) is 4.66. The molecule has 5 heteroatoms. The van der Waals surface area contributed by atoms with Crippen molar-refractivity contribution in [2.24, 2.45) is 0 Å². The molecule has 0 unspecified atom stereocenters. The average molecular weight is 283 g/mol. The number of rotatable bonds is 3. The largest absolute Gasteiger partial charge is 0.393 e. The second-order valence-electron chi connectivity index (χ2n) is 4.92. The minimum atomic E-state index is -0.175. The summed E-state index contributed by atoms with van der Waals surface area (Å²) < 4.78 is 0. The van der Waals surface area contributed by atoms with Crippen molar-refractivity contribution in [1.29, 1.82) is 0 Å². The Morgan fingerprint density at radius 2 is 2.00 bits per heavy atom. The molecule has 1 aliphatic carbocycles. The molecule has 104 valence electrons. The molecule has 0 radical (unpaired) electrons. The molecular weight excluding hydrogens is 264 g/mol. The van der Waals surface area contributed by atoms with E-state index in [1.165, 1.54) is 0 Å². The fourth-order valence-electron chi connectivity index (χ4n) is 2.36. The van der Waals surface area contributed by atoms with E-state index in [0.29, 0.717) is 16.6 Å². The van der Waals surface area contributed by atoms with Crippen molar-refractivity contribution >= 4 is 23.2 Å². The van der Waals surface area contributed by atoms with Crippen molar-refractivity contribution in [1.82, 2.24) is 5.32 Å². The Bertz CT molecular complexity index is 457. The highest BCUT2D eigenvalue weighted by Crippen LogP contribution is 2.27. The predicted octanol–water partition coefficient (Wildman–Crippen LogP) is 2.42. The molecule has 1 aromatic carbocycles. The highest BCUT2D eigenvalue weighted by atomic mass is 35.5. The number of amides is 1. The van der Waals surface area contributed by atoms with E-state index in [2.05, 4.69) is 10.6 Å². The summed E-state index contributed by atoms with van der Waals surface area (Å²) in [5, 5.41) is 16.1. The van der Waals surface area contributed by atoms with E-state index in [1.807, 2.05) is 0 Å². The molecule has 0 bridgehead atoms. The summed E-state index contributed by atoms with van der Waals surface area (Å²) in [6.07, 6.45) is 3.28. The molecule has 3 N–H and O–H groups in total. The van der Waals surface area contributed by atoms with Crippen LogP contribution in [0, 0.1) is 0 Å². The molecular formula is C14H19ClN2O2. The van der Waals surface area contributed by atoms with Gasteiger partial charge in [-0.3, -0.25) is 4.79 Å². The van der Waals surface area contributed by atoms with Crippen LogP contribution in [-0.4, -0.2) is 30.2 Å². The van der Waals surface area contributed by atoms with Gasteiger partial charge >= 0.3 is 0 Å². The van der Waals surface area contributed by atoms with Gasteiger partial charge in [0.05, 0.1) is 16.8 Å². The SMILES string of the molecule is CNC(=O)c1ccc(Cl)c(NC2CCC(O)CC2)c1. The van der Waals surface area contributed by atoms with Crippen LogP contribution in [0.1, 0.15) is 36.0 Å². The van der Waals surface area contributed by atoms with E-state index in [4.69, 9.17) is 11.6 Å². The van der Waals surface area contributed by atoms with Crippen LogP contribution >= 0.6 is 11.6 Å². The number of anilines is 1. The lowest BCUT2D eigenvalue weighted by atomic mass is 9.93. The van der Waals surface area contributed by atoms with Gasteiger partial charge in [0.2, 0.25) is 0 Å². The maximum atomic E-state index is 11.6. The van der Waals surface area contributed by atoms with E-state index in [9.17, 15) is 9.90 Å². The number of halogens is 1. The van der Waals surface area contributed by atoms with Crippen LogP contribution in [0.5, 0.6) is 0 Å². The Balaban J connectivity index is 2.08. The normalized spacial score (nSPS) is 22.9. The van der Waals surface area contributed by atoms with Gasteiger partial charge in [0, 0.05) is 18.7 Å². The number of carbonyl (C=O) groups is 1. The summed E-state index contributed by atoms with van der Waals surface area (Å²) in [5.74, 6) is -0.126. The number of hydrogen-bond donors (Lipinski definition) is 3. The summed E-state index contributed by atoms with van der Waals surface area (Å²) in [6.45, 7) is 0. The molecule has 19 heavy (non-hydrogen) atoms. The van der Waals surface area contributed by atoms with E-state index in [-0.39, 0.29) is 12.0 Å². The van der Waals surface area contributed by atoms with Crippen LogP contribution in [0.3, 0.4) is 0 Å². The maximum absolute atomic E-state index is 11.6. The number of benzene rings is 1. The molecule has 1 amide bonds. The zero-order valence-electron chi connectivity index (χ0n) is 10.9. The van der Waals surface area contributed by atoms with Crippen LogP contribution in [0.2, 0.25) is 5.02 Å². The monoisotopic (exact) mass is 282 g/mol. The first kappa shape index (κ1) is 14.2. The van der Waals surface area contributed by atoms with Crippen LogP contribution < -0.4 is 10.6 Å². The predicted molar refractivity (Wildman–Crippen MR) is 76.7 cm³/mol. The fraction of sp³-hybridized carbons (Fsp3) is 0.500. The second-order valence-corrected chi connectivity index (χ2v) is 5.33. The standard InChI is InChI=1S/C14H19ClN2O2/c1-16-14(19)9-2-7-12(15)13(8-9)17-10-3-5-11(18)6-4-10/h2,7-8,10-11,17-18H,3-6H2,1H3,(H,16,19). The molecule has 0 saturated heterocycles. The maximum Gasteiger partial charge on any atom is 0.251 e. The first-order chi connectivity index (χ1) is 9.10. The average Bonchev–Trinajstić information content (AvgIpc) is 2.43. The molecule has 1 aromatic rings. The third-order valence-electron chi connectivity index (χ3n) is 3.51. The number of aliphatic hydroxyl groups is 1. The minimum Gasteiger partial charge on any atom is -0.393 e. The molecule has 0 atom stereocenters. The first-order valence-corrected chi connectivity index (χ1v) is 6.94. The number of aliphatic hydroxyl groups excluding tert-OH is 1. The van der Waals surface area contributed by atoms with Crippen LogP contribution in [0.4, 0.5) is 5.69 Å². The third kappa shape index (κ3) is 3.61. The van der Waals surface area contributed by atoms with Gasteiger partial charge in [-0.25, -0.2) is 0 Å². The zero-order valence-corrected chi connectivity index (χ0v) is 11.7. The lowest BCUT2D eigenvalue weighted by Crippen LogP contribution is -2.28. The van der Waals surface area contributed by atoms with E-state index >= 15 is 0 Å². The molecule has 0 heterocycles. The van der Waals surface area contributed by atoms with Gasteiger partial charge in [-0.2, -0.15) is 0 Å². The molecule has 0 aliphatic heterocycles. The van der Waals surface area contributed by atoms with Crippen molar-refractivity contribution < 1.29 is 9.90 Å². The molecule has 1 saturated carbocycles. The van der Waals surface area contributed by atoms with Gasteiger partial charge in [0.25, 0.3) is 5.91 Å². The van der Waals surface area contributed by atoms with Gasteiger partial charge < -0.3 is 15.7 Å². The number of nitrogens with one attached hydrogen (secondary N) is 2. The molecule has 4 nitrogen and oxygen atoms in total. The highest BCUT2D eigenvalue weighted by molar-refractivity contribution is 6.33. The van der Waals surface area contributed by atoms with Gasteiger partial charge in [0.15, 0.2) is 0 Å². The van der Waals surface area contributed by atoms with Crippen molar-refractivity contribution in [3.8, 4) is 0 Å². The Labute approximate surface area is 118 Å². The zero-order chi connectivity index (χ0) is 13.8. The highest BCUT2D eigenvalue weighted by Gasteiger charge is 2.20. The van der Waals surface area contributed by atoms with Crippen molar-refractivity contribution in [3.63, 3.8) is 0 Å². The van der Waals surface area contributed by atoms with Gasteiger partial charge in [-0.05, 0) is 43.9 Å². The van der Waals surface area contributed by atoms with Crippen molar-refractivity contribution in [2.75, 3.05) is 12.4 Å². The van der Waals surface area contributed by atoms with Crippen LogP contribution in [0.25, 0.3) is 0 Å². The van der Waals surface area contributed by atoms with E-state index < -0.39 is 0 Å². The molecule has 0 spiro atoms. The molecule has 1 fully saturated rings. The summed E-state index contributed by atoms with van der Waals surface area (Å²) in [6, 6.07) is 5.51. The third-order valence-corrected chi connectivity index (χ3v) is 3.84. The number of hydrogen-bond acceptors (Lipinski definition) is 3. The van der Waals surface area contributed by atoms with Crippen LogP contribution in [0.15, 0.2) is 18.2 Å². The van der Waals surface area contributed by atoms with Gasteiger partial charge in [0.1, 0.15) is 0 Å². The van der Waals surface area contributed by atoms with Crippen molar-refractivity contribution in [2.45, 2.75) is 37.8 Å². The first-order valence-electron chi connectivity index (χ1n) is 6.56. The smallest absolute Gasteiger partial charge is 0.251 e. The summed E-state index contributed by atoms with van der Waals surface area (Å²) in [5.41, 5.74) is 1.37. The summed E-state index contributed by atoms with van der Waals surface area (Å²) in [7, 11) is 1.60. The lowest BCUT2D eigenvalue weighted by molar-refractivity contribution is 0.0963. The summed E-state index contributed by atoms with van der Waals surface area (Å²) >= 11 is 6.15. The Hall–Kier alpha value is -1.26. The van der Waals surface area contributed by atoms with E-state index in [0.717, 1.165) is 31.4 Å². The minimum absolute atomic E-state index is 0.126. The van der Waals surface area contributed by atoms with Gasteiger partial charge in [-0.1, -0.05) is 11.6 Å². The quantitative estimate of drug-likeness (QED) is 0.798. The topological polar surface area (TPSA) is 61.4 Å². The van der Waals surface area contributed by atoms with Gasteiger partial charge in [-0.15, -0.1) is 0 Å². The van der Waals surface area contributed by atoms with Crippen LogP contribution in [-0.2, 0) is 0 Å². The fourth-order valence-corrected chi connectivity index (χ4v) is 2.53. The molecule has 2 rings (SSSR count). The Morgan fingerprint density at radius 1 is 1.32 bits per heavy atom. The molecule has 0 aromatic heterocycles. The Morgan fingerprint density at radius 3 is 2.63 bits per heavy atom. The lowest BCUT2D eigenvalue weighted by Gasteiger charge is -2.27. The van der Waals surface area contributed by atoms with Crippen molar-refractivity contribution in [3.05, 3.63) is 28.8 Å². The van der Waals surface area contributed by atoms with E-state index in [1.54, 1.807) is 25.2 Å². The summed E-state index contributed by atoms with van der Waals surface area (Å²) in [4.78, 5) is 11.6. The molecule has 1 aliphatic rings. The second kappa shape index (κ2) is 6.26.